The average molecular weight is 247 g/mol. The number of anilines is 1. The van der Waals surface area contributed by atoms with Crippen molar-refractivity contribution >= 4 is 23.0 Å². The minimum absolute atomic E-state index is 0.130. The van der Waals surface area contributed by atoms with E-state index in [-0.39, 0.29) is 12.0 Å². The Hall–Kier alpha value is -2.18. The van der Waals surface area contributed by atoms with Gasteiger partial charge in [0.2, 0.25) is 0 Å². The number of nitrogens with two attached hydrogens (primary N) is 1. The summed E-state index contributed by atoms with van der Waals surface area (Å²) in [6.07, 6.45) is 5.21. The van der Waals surface area contributed by atoms with Crippen LogP contribution in [0.25, 0.3) is 11.2 Å². The van der Waals surface area contributed by atoms with Crippen LogP contribution in [0.1, 0.15) is 25.3 Å². The van der Waals surface area contributed by atoms with Gasteiger partial charge in [0.25, 0.3) is 0 Å². The molecule has 0 spiro atoms. The molecule has 0 aliphatic heterocycles. The summed E-state index contributed by atoms with van der Waals surface area (Å²) >= 11 is 0. The third-order valence-electron chi connectivity index (χ3n) is 3.53. The van der Waals surface area contributed by atoms with Gasteiger partial charge in [-0.05, 0) is 19.3 Å². The SMILES string of the molecule is Nc1ncnc2c1ncn2C1CCC(C(=O)O)C1. The zero-order valence-corrected chi connectivity index (χ0v) is 9.65. The van der Waals surface area contributed by atoms with Crippen LogP contribution in [0, 0.1) is 5.92 Å². The first kappa shape index (κ1) is 10.9. The fraction of sp³-hybridized carbons (Fsp3) is 0.455. The molecule has 0 amide bonds. The lowest BCUT2D eigenvalue weighted by Crippen LogP contribution is -2.11. The number of hydrogen-bond acceptors (Lipinski definition) is 5. The highest BCUT2D eigenvalue weighted by Gasteiger charge is 2.31. The molecule has 0 saturated heterocycles. The summed E-state index contributed by atoms with van der Waals surface area (Å²) in [6.45, 7) is 0. The fourth-order valence-corrected chi connectivity index (χ4v) is 2.57. The van der Waals surface area contributed by atoms with E-state index in [2.05, 4.69) is 15.0 Å². The molecule has 2 atom stereocenters. The Morgan fingerprint density at radius 1 is 1.39 bits per heavy atom. The lowest BCUT2D eigenvalue weighted by Gasteiger charge is -2.11. The third kappa shape index (κ3) is 1.59. The number of nitrogens with zero attached hydrogens (tertiary/aromatic N) is 4. The maximum Gasteiger partial charge on any atom is 0.306 e. The summed E-state index contributed by atoms with van der Waals surface area (Å²) in [5.41, 5.74) is 6.98. The number of nitrogen functional groups attached to an aromatic ring is 1. The summed E-state index contributed by atoms with van der Waals surface area (Å²) in [5, 5.41) is 9.02. The fourth-order valence-electron chi connectivity index (χ4n) is 2.57. The number of carbonyl (C=O) groups is 1. The van der Waals surface area contributed by atoms with E-state index in [1.165, 1.54) is 6.33 Å². The Morgan fingerprint density at radius 3 is 2.94 bits per heavy atom. The second-order valence-corrected chi connectivity index (χ2v) is 4.58. The van der Waals surface area contributed by atoms with Gasteiger partial charge in [0, 0.05) is 6.04 Å². The van der Waals surface area contributed by atoms with Crippen LogP contribution in [0.2, 0.25) is 0 Å². The third-order valence-corrected chi connectivity index (χ3v) is 3.53. The van der Waals surface area contributed by atoms with Crippen molar-refractivity contribution in [2.75, 3.05) is 5.73 Å². The molecule has 7 nitrogen and oxygen atoms in total. The molecule has 18 heavy (non-hydrogen) atoms. The topological polar surface area (TPSA) is 107 Å². The van der Waals surface area contributed by atoms with E-state index < -0.39 is 5.97 Å². The van der Waals surface area contributed by atoms with Crippen LogP contribution >= 0.6 is 0 Å². The monoisotopic (exact) mass is 247 g/mol. The normalized spacial score (nSPS) is 23.6. The molecule has 0 bridgehead atoms. The van der Waals surface area contributed by atoms with Crippen LogP contribution in [-0.2, 0) is 4.79 Å². The van der Waals surface area contributed by atoms with Crippen molar-refractivity contribution in [3.8, 4) is 0 Å². The summed E-state index contributed by atoms with van der Waals surface area (Å²) in [5.74, 6) is -0.644. The number of rotatable bonds is 2. The van der Waals surface area contributed by atoms with Crippen molar-refractivity contribution in [2.45, 2.75) is 25.3 Å². The molecule has 2 aromatic heterocycles. The maximum absolute atomic E-state index is 11.0. The van der Waals surface area contributed by atoms with E-state index in [1.807, 2.05) is 4.57 Å². The number of aliphatic carboxylic acids is 1. The highest BCUT2D eigenvalue weighted by molar-refractivity contribution is 5.81. The summed E-state index contributed by atoms with van der Waals surface area (Å²) in [7, 11) is 0. The van der Waals surface area contributed by atoms with Crippen molar-refractivity contribution in [3.63, 3.8) is 0 Å². The number of imidazole rings is 1. The molecule has 1 aliphatic carbocycles. The quantitative estimate of drug-likeness (QED) is 0.814. The molecule has 3 rings (SSSR count). The number of hydrogen-bond donors (Lipinski definition) is 2. The van der Waals surface area contributed by atoms with E-state index in [0.29, 0.717) is 29.8 Å². The predicted octanol–water partition coefficient (Wildman–Crippen LogP) is 0.834. The highest BCUT2D eigenvalue weighted by Crippen LogP contribution is 2.36. The Kier molecular flexibility index (Phi) is 2.39. The maximum atomic E-state index is 11.0. The van der Waals surface area contributed by atoms with E-state index in [4.69, 9.17) is 10.8 Å². The van der Waals surface area contributed by atoms with Crippen molar-refractivity contribution in [2.24, 2.45) is 5.92 Å². The zero-order valence-electron chi connectivity index (χ0n) is 9.65. The molecule has 1 saturated carbocycles. The van der Waals surface area contributed by atoms with Crippen molar-refractivity contribution in [1.82, 2.24) is 19.5 Å². The van der Waals surface area contributed by atoms with Gasteiger partial charge in [0.1, 0.15) is 11.8 Å². The minimum atomic E-state index is -0.726. The van der Waals surface area contributed by atoms with Crippen LogP contribution in [0.3, 0.4) is 0 Å². The Labute approximate surface area is 103 Å². The van der Waals surface area contributed by atoms with E-state index >= 15 is 0 Å². The number of aromatic nitrogens is 4. The van der Waals surface area contributed by atoms with Gasteiger partial charge in [-0.3, -0.25) is 4.79 Å². The molecule has 1 fully saturated rings. The van der Waals surface area contributed by atoms with Crippen molar-refractivity contribution in [1.29, 1.82) is 0 Å². The lowest BCUT2D eigenvalue weighted by atomic mass is 10.1. The molecule has 2 aromatic rings. The molecule has 2 heterocycles. The van der Waals surface area contributed by atoms with Gasteiger partial charge in [-0.25, -0.2) is 15.0 Å². The molecule has 0 radical (unpaired) electrons. The molecular formula is C11H13N5O2. The lowest BCUT2D eigenvalue weighted by molar-refractivity contribution is -0.141. The zero-order chi connectivity index (χ0) is 12.7. The Balaban J connectivity index is 1.96. The van der Waals surface area contributed by atoms with Gasteiger partial charge in [0.15, 0.2) is 11.5 Å². The molecular weight excluding hydrogens is 234 g/mol. The first-order valence-corrected chi connectivity index (χ1v) is 5.82. The molecule has 3 N–H and O–H groups in total. The van der Waals surface area contributed by atoms with Gasteiger partial charge in [-0.2, -0.15) is 0 Å². The average Bonchev–Trinajstić information content (AvgIpc) is 2.94. The van der Waals surface area contributed by atoms with Gasteiger partial charge < -0.3 is 15.4 Å². The molecule has 1 aliphatic rings. The minimum Gasteiger partial charge on any atom is -0.481 e. The van der Waals surface area contributed by atoms with Gasteiger partial charge in [-0.1, -0.05) is 0 Å². The van der Waals surface area contributed by atoms with Crippen molar-refractivity contribution in [3.05, 3.63) is 12.7 Å². The summed E-state index contributed by atoms with van der Waals surface area (Å²) < 4.78 is 1.91. The second kappa shape index (κ2) is 3.94. The van der Waals surface area contributed by atoms with Gasteiger partial charge in [-0.15, -0.1) is 0 Å². The standard InChI is InChI=1S/C11H13N5O2/c12-9-8-10(14-4-13-9)16(5-15-8)7-2-1-6(3-7)11(17)18/h4-7H,1-3H2,(H,17,18)(H2,12,13,14). The Bertz CT molecular complexity index is 608. The number of carboxylic acid groups (broad SMARTS) is 1. The molecule has 7 heteroatoms. The smallest absolute Gasteiger partial charge is 0.306 e. The highest BCUT2D eigenvalue weighted by atomic mass is 16.4. The Morgan fingerprint density at radius 2 is 2.22 bits per heavy atom. The van der Waals surface area contributed by atoms with Crippen LogP contribution in [0.15, 0.2) is 12.7 Å². The van der Waals surface area contributed by atoms with Crippen molar-refractivity contribution < 1.29 is 9.90 Å². The molecule has 0 aromatic carbocycles. The van der Waals surface area contributed by atoms with Gasteiger partial charge >= 0.3 is 5.97 Å². The predicted molar refractivity (Wildman–Crippen MR) is 63.7 cm³/mol. The van der Waals surface area contributed by atoms with Gasteiger partial charge in [0.05, 0.1) is 12.2 Å². The first-order chi connectivity index (χ1) is 8.66. The summed E-state index contributed by atoms with van der Waals surface area (Å²) in [4.78, 5) is 23.2. The summed E-state index contributed by atoms with van der Waals surface area (Å²) in [6, 6.07) is 0.130. The van der Waals surface area contributed by atoms with Crippen LogP contribution < -0.4 is 5.73 Å². The largest absolute Gasteiger partial charge is 0.481 e. The second-order valence-electron chi connectivity index (χ2n) is 4.58. The molecule has 94 valence electrons. The number of carboxylic acids is 1. The first-order valence-electron chi connectivity index (χ1n) is 5.82. The van der Waals surface area contributed by atoms with E-state index in [1.54, 1.807) is 6.33 Å². The van der Waals surface area contributed by atoms with E-state index in [0.717, 1.165) is 6.42 Å². The van der Waals surface area contributed by atoms with E-state index in [9.17, 15) is 4.79 Å². The van der Waals surface area contributed by atoms with Crippen LogP contribution in [0.4, 0.5) is 5.82 Å². The van der Waals surface area contributed by atoms with Crippen LogP contribution in [0.5, 0.6) is 0 Å². The molecule has 2 unspecified atom stereocenters. The van der Waals surface area contributed by atoms with Crippen LogP contribution in [-0.4, -0.2) is 30.6 Å². The number of fused-ring (bicyclic) bond motifs is 1.